The zero-order valence-electron chi connectivity index (χ0n) is 13.0. The van der Waals surface area contributed by atoms with Crippen molar-refractivity contribution in [1.29, 1.82) is 0 Å². The van der Waals surface area contributed by atoms with Gasteiger partial charge in [0.1, 0.15) is 5.82 Å². The summed E-state index contributed by atoms with van der Waals surface area (Å²) >= 11 is 9.50. The molecule has 2 atom stereocenters. The molecule has 2 rings (SSSR count). The first kappa shape index (κ1) is 17.2. The van der Waals surface area contributed by atoms with Crippen molar-refractivity contribution in [3.63, 3.8) is 0 Å². The Bertz CT molecular complexity index is 504. The highest BCUT2D eigenvalue weighted by molar-refractivity contribution is 9.10. The summed E-state index contributed by atoms with van der Waals surface area (Å²) in [6.07, 6.45) is 4.60. The lowest BCUT2D eigenvalue weighted by Gasteiger charge is -2.35. The Hall–Kier alpha value is -0.120. The van der Waals surface area contributed by atoms with E-state index in [1.165, 1.54) is 18.9 Å². The average molecular weight is 377 g/mol. The van der Waals surface area contributed by atoms with Crippen molar-refractivity contribution in [1.82, 2.24) is 5.32 Å². The molecule has 1 aromatic carbocycles. The number of hydrogen-bond acceptors (Lipinski definition) is 1. The van der Waals surface area contributed by atoms with Gasteiger partial charge in [-0.05, 0) is 65.2 Å². The second-order valence-corrected chi connectivity index (χ2v) is 7.97. The van der Waals surface area contributed by atoms with Crippen LogP contribution in [0.1, 0.15) is 58.1 Å². The van der Waals surface area contributed by atoms with Crippen LogP contribution in [0.3, 0.4) is 0 Å². The van der Waals surface area contributed by atoms with Crippen LogP contribution < -0.4 is 5.32 Å². The predicted molar refractivity (Wildman–Crippen MR) is 91.3 cm³/mol. The Morgan fingerprint density at radius 1 is 1.48 bits per heavy atom. The van der Waals surface area contributed by atoms with Crippen LogP contribution in [0.5, 0.6) is 0 Å². The SMILES string of the molecule is CCCNC(c1cc(Cl)c(Br)cc1F)C1CCCC1(C)C. The van der Waals surface area contributed by atoms with E-state index >= 15 is 0 Å². The summed E-state index contributed by atoms with van der Waals surface area (Å²) < 4.78 is 15.1. The zero-order valence-corrected chi connectivity index (χ0v) is 15.3. The van der Waals surface area contributed by atoms with Crippen LogP contribution in [0.2, 0.25) is 5.02 Å². The van der Waals surface area contributed by atoms with E-state index in [9.17, 15) is 4.39 Å². The second kappa shape index (κ2) is 6.97. The van der Waals surface area contributed by atoms with Gasteiger partial charge in [0, 0.05) is 16.1 Å². The minimum absolute atomic E-state index is 0.0352. The van der Waals surface area contributed by atoms with Gasteiger partial charge in [-0.25, -0.2) is 4.39 Å². The molecule has 0 saturated heterocycles. The molecule has 1 aliphatic rings. The van der Waals surface area contributed by atoms with Crippen LogP contribution >= 0.6 is 27.5 Å². The third-order valence-corrected chi connectivity index (χ3v) is 5.93. The van der Waals surface area contributed by atoms with Crippen LogP contribution in [-0.2, 0) is 0 Å². The molecular formula is C17H24BrClFN. The first-order chi connectivity index (χ1) is 9.86. The summed E-state index contributed by atoms with van der Waals surface area (Å²) in [5, 5.41) is 4.13. The van der Waals surface area contributed by atoms with Crippen molar-refractivity contribution in [3.8, 4) is 0 Å². The molecule has 0 radical (unpaired) electrons. The van der Waals surface area contributed by atoms with Gasteiger partial charge < -0.3 is 5.32 Å². The Kier molecular flexibility index (Phi) is 5.72. The molecular weight excluding hydrogens is 353 g/mol. The van der Waals surface area contributed by atoms with Crippen LogP contribution in [0.15, 0.2) is 16.6 Å². The minimum Gasteiger partial charge on any atom is -0.310 e. The lowest BCUT2D eigenvalue weighted by atomic mass is 9.75. The summed E-state index contributed by atoms with van der Waals surface area (Å²) in [5.41, 5.74) is 0.939. The molecule has 0 heterocycles. The minimum atomic E-state index is -0.178. The van der Waals surface area contributed by atoms with E-state index in [1.54, 1.807) is 6.07 Å². The van der Waals surface area contributed by atoms with Gasteiger partial charge in [-0.2, -0.15) is 0 Å². The maximum absolute atomic E-state index is 14.5. The summed E-state index contributed by atoms with van der Waals surface area (Å²) in [7, 11) is 0. The summed E-state index contributed by atoms with van der Waals surface area (Å²) in [6, 6.07) is 3.30. The van der Waals surface area contributed by atoms with Crippen molar-refractivity contribution in [2.45, 2.75) is 52.5 Å². The van der Waals surface area contributed by atoms with Gasteiger partial charge in [0.05, 0.1) is 5.02 Å². The van der Waals surface area contributed by atoms with Crippen molar-refractivity contribution in [2.75, 3.05) is 6.54 Å². The summed E-state index contributed by atoms with van der Waals surface area (Å²) in [4.78, 5) is 0. The number of rotatable bonds is 5. The van der Waals surface area contributed by atoms with Crippen LogP contribution in [0.4, 0.5) is 4.39 Å². The van der Waals surface area contributed by atoms with Gasteiger partial charge in [0.15, 0.2) is 0 Å². The monoisotopic (exact) mass is 375 g/mol. The van der Waals surface area contributed by atoms with Crippen LogP contribution in [0.25, 0.3) is 0 Å². The fourth-order valence-corrected chi connectivity index (χ4v) is 4.00. The molecule has 118 valence electrons. The lowest BCUT2D eigenvalue weighted by Crippen LogP contribution is -2.35. The highest BCUT2D eigenvalue weighted by Gasteiger charge is 2.40. The molecule has 4 heteroatoms. The molecule has 1 nitrogen and oxygen atoms in total. The first-order valence-electron chi connectivity index (χ1n) is 7.74. The number of hydrogen-bond donors (Lipinski definition) is 1. The van der Waals surface area contributed by atoms with E-state index in [4.69, 9.17) is 11.6 Å². The number of nitrogens with one attached hydrogen (secondary N) is 1. The highest BCUT2D eigenvalue weighted by Crippen LogP contribution is 2.49. The molecule has 0 aliphatic heterocycles. The lowest BCUT2D eigenvalue weighted by molar-refractivity contribution is 0.195. The summed E-state index contributed by atoms with van der Waals surface area (Å²) in [6.45, 7) is 7.62. The fraction of sp³-hybridized carbons (Fsp3) is 0.647. The third kappa shape index (κ3) is 3.80. The predicted octanol–water partition coefficient (Wildman–Crippen LogP) is 6.11. The van der Waals surface area contributed by atoms with Gasteiger partial charge >= 0.3 is 0 Å². The quantitative estimate of drug-likeness (QED) is 0.611. The van der Waals surface area contributed by atoms with Crippen molar-refractivity contribution < 1.29 is 4.39 Å². The molecule has 0 spiro atoms. The van der Waals surface area contributed by atoms with E-state index in [0.29, 0.717) is 21.0 Å². The zero-order chi connectivity index (χ0) is 15.6. The topological polar surface area (TPSA) is 12.0 Å². The molecule has 21 heavy (non-hydrogen) atoms. The van der Waals surface area contributed by atoms with E-state index in [1.807, 2.05) is 0 Å². The van der Waals surface area contributed by atoms with Crippen molar-refractivity contribution in [3.05, 3.63) is 33.0 Å². The largest absolute Gasteiger partial charge is 0.310 e. The number of halogens is 3. The molecule has 1 aromatic rings. The van der Waals surface area contributed by atoms with Crippen LogP contribution in [0, 0.1) is 17.2 Å². The van der Waals surface area contributed by atoms with Gasteiger partial charge in [-0.15, -0.1) is 0 Å². The Balaban J connectivity index is 2.38. The Morgan fingerprint density at radius 3 is 2.76 bits per heavy atom. The average Bonchev–Trinajstić information content (AvgIpc) is 2.75. The molecule has 0 bridgehead atoms. The second-order valence-electron chi connectivity index (χ2n) is 6.71. The molecule has 1 N–H and O–H groups in total. The normalized spacial score (nSPS) is 22.5. The van der Waals surface area contributed by atoms with Crippen molar-refractivity contribution >= 4 is 27.5 Å². The number of benzene rings is 1. The molecule has 0 aromatic heterocycles. The van der Waals surface area contributed by atoms with E-state index < -0.39 is 0 Å². The smallest absolute Gasteiger partial charge is 0.129 e. The van der Waals surface area contributed by atoms with E-state index in [0.717, 1.165) is 19.4 Å². The maximum Gasteiger partial charge on any atom is 0.129 e. The van der Waals surface area contributed by atoms with Gasteiger partial charge in [0.25, 0.3) is 0 Å². The molecule has 1 aliphatic carbocycles. The van der Waals surface area contributed by atoms with Crippen LogP contribution in [-0.4, -0.2) is 6.54 Å². The molecule has 0 amide bonds. The van der Waals surface area contributed by atoms with Gasteiger partial charge in [-0.3, -0.25) is 0 Å². The van der Waals surface area contributed by atoms with Gasteiger partial charge in [-0.1, -0.05) is 38.8 Å². The molecule has 1 fully saturated rings. The first-order valence-corrected chi connectivity index (χ1v) is 8.91. The maximum atomic E-state index is 14.5. The standard InChI is InChI=1S/C17H24BrClFN/c1-4-8-21-16(12-6-5-7-17(12,2)3)11-9-14(19)13(18)10-15(11)20/h9-10,12,16,21H,4-8H2,1-3H3. The van der Waals surface area contributed by atoms with Crippen molar-refractivity contribution in [2.24, 2.45) is 11.3 Å². The third-order valence-electron chi connectivity index (χ3n) is 4.73. The Labute approximate surface area is 140 Å². The van der Waals surface area contributed by atoms with E-state index in [-0.39, 0.29) is 17.3 Å². The Morgan fingerprint density at radius 2 is 2.19 bits per heavy atom. The fourth-order valence-electron chi connectivity index (χ4n) is 3.52. The molecule has 2 unspecified atom stereocenters. The summed E-state index contributed by atoms with van der Waals surface area (Å²) in [5.74, 6) is 0.262. The molecule has 1 saturated carbocycles. The highest BCUT2D eigenvalue weighted by atomic mass is 79.9. The van der Waals surface area contributed by atoms with E-state index in [2.05, 4.69) is 42.0 Å². The van der Waals surface area contributed by atoms with Gasteiger partial charge in [0.2, 0.25) is 0 Å².